The Hall–Kier alpha value is -0.0000000000000000486. The molecule has 0 radical (unpaired) electrons. The molecule has 0 aromatic heterocycles. The highest BCUT2D eigenvalue weighted by molar-refractivity contribution is 5.85. The highest BCUT2D eigenvalue weighted by Gasteiger charge is 2.54. The normalized spacial score (nSPS) is 31.6. The first-order chi connectivity index (χ1) is 4.46. The van der Waals surface area contributed by atoms with E-state index < -0.39 is 18.3 Å². The van der Waals surface area contributed by atoms with Crippen LogP contribution >= 0.6 is 12.4 Å². The Balaban J connectivity index is 0.000001000. The minimum atomic E-state index is -4.33. The van der Waals surface area contributed by atoms with E-state index in [1.54, 1.807) is 0 Å². The van der Waals surface area contributed by atoms with Crippen LogP contribution in [0.4, 0.5) is 13.2 Å². The van der Waals surface area contributed by atoms with Gasteiger partial charge in [-0.2, -0.15) is 13.2 Å². The van der Waals surface area contributed by atoms with Gasteiger partial charge in [0, 0.05) is 6.61 Å². The molecule has 2 nitrogen and oxygen atoms in total. The molecule has 0 spiro atoms. The summed E-state index contributed by atoms with van der Waals surface area (Å²) in [6.07, 6.45) is -4.46. The topological polar surface area (TPSA) is 35.2 Å². The first kappa shape index (κ1) is 11.0. The summed E-state index contributed by atoms with van der Waals surface area (Å²) in [7, 11) is 0. The Morgan fingerprint density at radius 2 is 1.91 bits per heavy atom. The van der Waals surface area contributed by atoms with Gasteiger partial charge in [-0.3, -0.25) is 0 Å². The summed E-state index contributed by atoms with van der Waals surface area (Å²) in [6.45, 7) is -0.299. The number of ether oxygens (including phenoxy) is 1. The molecular weight excluding hydrogens is 183 g/mol. The van der Waals surface area contributed by atoms with Crippen LogP contribution in [0.15, 0.2) is 0 Å². The first-order valence-corrected chi connectivity index (χ1v) is 2.89. The lowest BCUT2D eigenvalue weighted by molar-refractivity contribution is -0.184. The fraction of sp³-hybridized carbons (Fsp3) is 1.00. The quantitative estimate of drug-likeness (QED) is 0.622. The van der Waals surface area contributed by atoms with Crippen molar-refractivity contribution in [2.24, 2.45) is 5.73 Å². The molecule has 0 unspecified atom stereocenters. The van der Waals surface area contributed by atoms with Crippen molar-refractivity contribution in [2.45, 2.75) is 18.1 Å². The number of hydrogen-bond donors (Lipinski definition) is 1. The van der Waals surface area contributed by atoms with E-state index in [0.29, 0.717) is 0 Å². The third kappa shape index (κ3) is 1.98. The van der Waals surface area contributed by atoms with Crippen LogP contribution in [0.2, 0.25) is 0 Å². The van der Waals surface area contributed by atoms with Crippen LogP contribution in [0.1, 0.15) is 6.42 Å². The van der Waals surface area contributed by atoms with Crippen LogP contribution in [-0.2, 0) is 4.74 Å². The van der Waals surface area contributed by atoms with Gasteiger partial charge in [-0.05, 0) is 6.42 Å². The molecule has 0 saturated carbocycles. The van der Waals surface area contributed by atoms with Gasteiger partial charge in [-0.25, -0.2) is 0 Å². The van der Waals surface area contributed by atoms with E-state index in [9.17, 15) is 13.2 Å². The van der Waals surface area contributed by atoms with E-state index >= 15 is 0 Å². The number of rotatable bonds is 0. The minimum absolute atomic E-state index is 0. The van der Waals surface area contributed by atoms with E-state index in [-0.39, 0.29) is 25.4 Å². The SMILES string of the molecule is Cl.N[C@@]1(C(F)(F)F)CCOC1. The summed E-state index contributed by atoms with van der Waals surface area (Å²) in [5, 5.41) is 0. The largest absolute Gasteiger partial charge is 0.408 e. The molecule has 1 rings (SSSR count). The van der Waals surface area contributed by atoms with Crippen molar-refractivity contribution < 1.29 is 17.9 Å². The molecule has 6 heteroatoms. The Kier molecular flexibility index (Phi) is 3.16. The van der Waals surface area contributed by atoms with Crippen molar-refractivity contribution in [3.05, 3.63) is 0 Å². The van der Waals surface area contributed by atoms with E-state index in [0.717, 1.165) is 0 Å². The van der Waals surface area contributed by atoms with E-state index in [1.807, 2.05) is 0 Å². The van der Waals surface area contributed by atoms with Crippen LogP contribution in [0.3, 0.4) is 0 Å². The van der Waals surface area contributed by atoms with Gasteiger partial charge < -0.3 is 10.5 Å². The summed E-state index contributed by atoms with van der Waals surface area (Å²) in [4.78, 5) is 0. The smallest absolute Gasteiger partial charge is 0.379 e. The van der Waals surface area contributed by atoms with Gasteiger partial charge in [0.05, 0.1) is 6.61 Å². The van der Waals surface area contributed by atoms with Crippen molar-refractivity contribution >= 4 is 12.4 Å². The second-order valence-electron chi connectivity index (χ2n) is 2.46. The van der Waals surface area contributed by atoms with E-state index in [4.69, 9.17) is 5.73 Å². The second-order valence-corrected chi connectivity index (χ2v) is 2.46. The van der Waals surface area contributed by atoms with Crippen LogP contribution in [0.25, 0.3) is 0 Å². The fourth-order valence-corrected chi connectivity index (χ4v) is 0.804. The summed E-state index contributed by atoms with van der Waals surface area (Å²) in [5.74, 6) is 0. The second kappa shape index (κ2) is 3.16. The van der Waals surface area contributed by atoms with Gasteiger partial charge in [-0.1, -0.05) is 0 Å². The van der Waals surface area contributed by atoms with Gasteiger partial charge in [0.25, 0.3) is 0 Å². The Morgan fingerprint density at radius 3 is 2.09 bits per heavy atom. The van der Waals surface area contributed by atoms with Crippen molar-refractivity contribution in [3.8, 4) is 0 Å². The van der Waals surface area contributed by atoms with Crippen molar-refractivity contribution in [1.82, 2.24) is 0 Å². The lowest BCUT2D eigenvalue weighted by atomic mass is 10.0. The maximum absolute atomic E-state index is 11.9. The Bertz CT molecular complexity index is 132. The van der Waals surface area contributed by atoms with Gasteiger partial charge in [0.2, 0.25) is 0 Å². The van der Waals surface area contributed by atoms with Crippen molar-refractivity contribution in [3.63, 3.8) is 0 Å². The predicted molar refractivity (Wildman–Crippen MR) is 35.7 cm³/mol. The molecule has 0 aliphatic carbocycles. The lowest BCUT2D eigenvalue weighted by Gasteiger charge is -2.24. The number of alkyl halides is 3. The van der Waals surface area contributed by atoms with Crippen molar-refractivity contribution in [1.29, 1.82) is 0 Å². The first-order valence-electron chi connectivity index (χ1n) is 2.89. The van der Waals surface area contributed by atoms with Gasteiger partial charge >= 0.3 is 6.18 Å². The Labute approximate surface area is 68.3 Å². The summed E-state index contributed by atoms with van der Waals surface area (Å²) >= 11 is 0. The molecule has 68 valence electrons. The van der Waals surface area contributed by atoms with Crippen LogP contribution in [-0.4, -0.2) is 24.9 Å². The maximum Gasteiger partial charge on any atom is 0.408 e. The average Bonchev–Trinajstić information content (AvgIpc) is 2.13. The zero-order valence-corrected chi connectivity index (χ0v) is 6.47. The summed E-state index contributed by atoms with van der Waals surface area (Å²) in [6, 6.07) is 0. The molecule has 1 atom stereocenters. The van der Waals surface area contributed by atoms with Gasteiger partial charge in [0.15, 0.2) is 0 Å². The van der Waals surface area contributed by atoms with Crippen LogP contribution < -0.4 is 5.73 Å². The molecule has 0 bridgehead atoms. The zero-order chi connectivity index (χ0) is 7.83. The molecule has 1 aliphatic rings. The molecule has 1 aliphatic heterocycles. The van der Waals surface area contributed by atoms with Gasteiger partial charge in [-0.15, -0.1) is 12.4 Å². The fourth-order valence-electron chi connectivity index (χ4n) is 0.804. The monoisotopic (exact) mass is 191 g/mol. The number of halogens is 4. The van der Waals surface area contributed by atoms with Crippen LogP contribution in [0.5, 0.6) is 0 Å². The molecule has 0 aromatic carbocycles. The van der Waals surface area contributed by atoms with E-state index in [2.05, 4.69) is 4.74 Å². The molecular formula is C5H9ClF3NO. The molecule has 0 amide bonds. The third-order valence-corrected chi connectivity index (χ3v) is 1.62. The lowest BCUT2D eigenvalue weighted by Crippen LogP contribution is -2.53. The average molecular weight is 192 g/mol. The van der Waals surface area contributed by atoms with E-state index in [1.165, 1.54) is 0 Å². The highest BCUT2D eigenvalue weighted by Crippen LogP contribution is 2.34. The standard InChI is InChI=1S/C5H8F3NO.ClH/c6-5(7,8)4(9)1-2-10-3-4;/h1-3,9H2;1H/t4-;/m0./s1. The predicted octanol–water partition coefficient (Wildman–Crippen LogP) is 1.09. The number of nitrogens with two attached hydrogens (primary N) is 1. The summed E-state index contributed by atoms with van der Waals surface area (Å²) in [5.41, 5.74) is 2.90. The van der Waals surface area contributed by atoms with Crippen LogP contribution in [0, 0.1) is 0 Å². The summed E-state index contributed by atoms with van der Waals surface area (Å²) < 4.78 is 40.4. The molecule has 11 heavy (non-hydrogen) atoms. The maximum atomic E-state index is 11.9. The molecule has 0 aromatic rings. The minimum Gasteiger partial charge on any atom is -0.379 e. The Morgan fingerprint density at radius 1 is 1.36 bits per heavy atom. The number of hydrogen-bond acceptors (Lipinski definition) is 2. The van der Waals surface area contributed by atoms with Crippen molar-refractivity contribution in [2.75, 3.05) is 13.2 Å². The molecule has 1 fully saturated rings. The highest BCUT2D eigenvalue weighted by atomic mass is 35.5. The third-order valence-electron chi connectivity index (χ3n) is 1.62. The molecule has 1 heterocycles. The zero-order valence-electron chi connectivity index (χ0n) is 5.65. The molecule has 1 saturated heterocycles. The van der Waals surface area contributed by atoms with Gasteiger partial charge in [0.1, 0.15) is 5.54 Å². The molecule has 2 N–H and O–H groups in total.